The molecule has 0 heterocycles. The first-order valence-electron chi connectivity index (χ1n) is 5.38. The van der Waals surface area contributed by atoms with E-state index in [-0.39, 0.29) is 6.61 Å². The molecule has 122 valence electrons. The first kappa shape index (κ1) is 19.1. The minimum absolute atomic E-state index is 0.224. The van der Waals surface area contributed by atoms with E-state index in [1.54, 1.807) is 0 Å². The average molecular weight is 318 g/mol. The van der Waals surface area contributed by atoms with Crippen LogP contribution in [0.1, 0.15) is 13.8 Å². The van der Waals surface area contributed by atoms with Crippen molar-refractivity contribution in [1.82, 2.24) is 0 Å². The van der Waals surface area contributed by atoms with Crippen molar-refractivity contribution in [2.45, 2.75) is 32.1 Å². The van der Waals surface area contributed by atoms with Gasteiger partial charge in [-0.2, -0.15) is 13.2 Å². The van der Waals surface area contributed by atoms with E-state index in [0.29, 0.717) is 6.92 Å². The van der Waals surface area contributed by atoms with Crippen molar-refractivity contribution in [3.8, 4) is 0 Å². The Kier molecular flexibility index (Phi) is 6.57. The Bertz CT molecular complexity index is 408. The third-order valence-corrected chi connectivity index (χ3v) is 1.91. The number of ether oxygens (including phenoxy) is 4. The molecule has 8 nitrogen and oxygen atoms in total. The molecule has 21 heavy (non-hydrogen) atoms. The number of carbonyl (C=O) groups excluding carboxylic acids is 2. The monoisotopic (exact) mass is 318 g/mol. The summed E-state index contributed by atoms with van der Waals surface area (Å²) in [4.78, 5) is 33.0. The van der Waals surface area contributed by atoms with E-state index >= 15 is 0 Å². The van der Waals surface area contributed by atoms with Gasteiger partial charge < -0.3 is 24.1 Å². The molecule has 0 aromatic heterocycles. The lowest BCUT2D eigenvalue weighted by molar-refractivity contribution is -0.322. The van der Waals surface area contributed by atoms with Gasteiger partial charge in [0, 0.05) is 20.6 Å². The Labute approximate surface area is 116 Å². The van der Waals surface area contributed by atoms with E-state index in [4.69, 9.17) is 9.84 Å². The standard InChI is InChI=1S/C10H13F3O8/c1-4-19-8(18-3)9(6(15)16,20-5(2)14)21-7(17)10(11,12)13/h8H,4H2,1-3H3,(H,15,16). The van der Waals surface area contributed by atoms with Gasteiger partial charge in [-0.15, -0.1) is 0 Å². The van der Waals surface area contributed by atoms with Crippen molar-refractivity contribution in [3.63, 3.8) is 0 Å². The van der Waals surface area contributed by atoms with E-state index in [1.165, 1.54) is 6.92 Å². The van der Waals surface area contributed by atoms with E-state index in [2.05, 4.69) is 14.2 Å². The van der Waals surface area contributed by atoms with Crippen LogP contribution in [0.25, 0.3) is 0 Å². The predicted molar refractivity (Wildman–Crippen MR) is 56.7 cm³/mol. The molecule has 0 rings (SSSR count). The lowest BCUT2D eigenvalue weighted by Gasteiger charge is -2.33. The molecule has 0 aromatic rings. The molecule has 2 atom stereocenters. The quantitative estimate of drug-likeness (QED) is 0.532. The minimum Gasteiger partial charge on any atom is -0.475 e. The molecule has 0 bridgehead atoms. The number of hydrogen-bond acceptors (Lipinski definition) is 7. The summed E-state index contributed by atoms with van der Waals surface area (Å²) in [6.07, 6.45) is -7.61. The Morgan fingerprint density at radius 3 is 2.00 bits per heavy atom. The van der Waals surface area contributed by atoms with Crippen LogP contribution in [0.15, 0.2) is 0 Å². The number of alkyl halides is 3. The number of halogens is 3. The SMILES string of the molecule is CCOC(OC)C(OC(C)=O)(OC(=O)C(F)(F)F)C(=O)O. The highest BCUT2D eigenvalue weighted by Crippen LogP contribution is 2.28. The molecule has 0 aromatic carbocycles. The molecule has 0 aliphatic carbocycles. The van der Waals surface area contributed by atoms with E-state index in [9.17, 15) is 27.6 Å². The number of methoxy groups -OCH3 is 1. The van der Waals surface area contributed by atoms with Crippen LogP contribution in [0.2, 0.25) is 0 Å². The van der Waals surface area contributed by atoms with Crippen LogP contribution in [0.3, 0.4) is 0 Å². The van der Waals surface area contributed by atoms with E-state index in [1.807, 2.05) is 0 Å². The fourth-order valence-electron chi connectivity index (χ4n) is 1.20. The molecule has 0 amide bonds. The van der Waals surface area contributed by atoms with Crippen molar-refractivity contribution in [2.24, 2.45) is 0 Å². The van der Waals surface area contributed by atoms with Crippen molar-refractivity contribution >= 4 is 17.9 Å². The number of carbonyl (C=O) groups is 3. The maximum atomic E-state index is 12.2. The summed E-state index contributed by atoms with van der Waals surface area (Å²) < 4.78 is 54.0. The second kappa shape index (κ2) is 7.22. The third kappa shape index (κ3) is 4.86. The fraction of sp³-hybridized carbons (Fsp3) is 0.700. The molecule has 11 heteroatoms. The maximum absolute atomic E-state index is 12.2. The van der Waals surface area contributed by atoms with Crippen LogP contribution >= 0.6 is 0 Å². The van der Waals surface area contributed by atoms with Gasteiger partial charge in [0.1, 0.15) is 0 Å². The first-order chi connectivity index (χ1) is 9.51. The molecule has 0 aliphatic heterocycles. The van der Waals surface area contributed by atoms with Crippen molar-refractivity contribution < 1.29 is 51.6 Å². The lowest BCUT2D eigenvalue weighted by Crippen LogP contribution is -2.58. The zero-order valence-electron chi connectivity index (χ0n) is 11.2. The number of aliphatic carboxylic acids is 1. The summed E-state index contributed by atoms with van der Waals surface area (Å²) in [6, 6.07) is 0. The van der Waals surface area contributed by atoms with Gasteiger partial charge in [-0.1, -0.05) is 0 Å². The van der Waals surface area contributed by atoms with Gasteiger partial charge in [-0.05, 0) is 6.92 Å². The number of rotatable bonds is 7. The van der Waals surface area contributed by atoms with E-state index < -0.39 is 36.2 Å². The summed E-state index contributed by atoms with van der Waals surface area (Å²) in [7, 11) is 0.864. The number of carboxylic acids is 1. The smallest absolute Gasteiger partial charge is 0.475 e. The zero-order chi connectivity index (χ0) is 16.8. The third-order valence-electron chi connectivity index (χ3n) is 1.91. The summed E-state index contributed by atoms with van der Waals surface area (Å²) in [5, 5.41) is 9.03. The van der Waals surface area contributed by atoms with Crippen LogP contribution in [-0.4, -0.2) is 55.0 Å². The largest absolute Gasteiger partial charge is 0.491 e. The first-order valence-corrected chi connectivity index (χ1v) is 5.38. The van der Waals surface area contributed by atoms with Crippen molar-refractivity contribution in [2.75, 3.05) is 13.7 Å². The number of esters is 2. The average Bonchev–Trinajstić information content (AvgIpc) is 2.32. The number of hydrogen-bond donors (Lipinski definition) is 1. The second-order valence-corrected chi connectivity index (χ2v) is 3.48. The minimum atomic E-state index is -5.51. The van der Waals surface area contributed by atoms with Gasteiger partial charge in [0.15, 0.2) is 0 Å². The van der Waals surface area contributed by atoms with Crippen molar-refractivity contribution in [3.05, 3.63) is 0 Å². The molecule has 0 saturated heterocycles. The molecule has 0 spiro atoms. The van der Waals surface area contributed by atoms with Crippen LogP contribution in [0.4, 0.5) is 13.2 Å². The summed E-state index contributed by atoms with van der Waals surface area (Å²) in [5.74, 6) is -9.85. The molecule has 1 N–H and O–H groups in total. The maximum Gasteiger partial charge on any atom is 0.491 e. The van der Waals surface area contributed by atoms with Gasteiger partial charge in [-0.3, -0.25) is 4.79 Å². The van der Waals surface area contributed by atoms with Crippen LogP contribution in [0, 0.1) is 0 Å². The molecular weight excluding hydrogens is 305 g/mol. The van der Waals surface area contributed by atoms with Crippen LogP contribution < -0.4 is 0 Å². The Morgan fingerprint density at radius 2 is 1.71 bits per heavy atom. The summed E-state index contributed by atoms with van der Waals surface area (Å²) in [6.45, 7) is 1.84. The highest BCUT2D eigenvalue weighted by atomic mass is 19.4. The second-order valence-electron chi connectivity index (χ2n) is 3.48. The molecule has 2 unspecified atom stereocenters. The highest BCUT2D eigenvalue weighted by molar-refractivity contribution is 5.85. The van der Waals surface area contributed by atoms with Gasteiger partial charge in [-0.25, -0.2) is 9.59 Å². The topological polar surface area (TPSA) is 108 Å². The Morgan fingerprint density at radius 1 is 1.19 bits per heavy atom. The van der Waals surface area contributed by atoms with Crippen LogP contribution in [0.5, 0.6) is 0 Å². The molecule has 0 radical (unpaired) electrons. The van der Waals surface area contributed by atoms with Gasteiger partial charge in [0.2, 0.25) is 6.29 Å². The van der Waals surface area contributed by atoms with Crippen LogP contribution in [-0.2, 0) is 33.3 Å². The highest BCUT2D eigenvalue weighted by Gasteiger charge is 2.59. The van der Waals surface area contributed by atoms with Gasteiger partial charge in [0.25, 0.3) is 0 Å². The molecule has 0 fully saturated rings. The summed E-state index contributed by atoms with van der Waals surface area (Å²) in [5.41, 5.74) is 0. The lowest BCUT2D eigenvalue weighted by atomic mass is 10.2. The Hall–Kier alpha value is -1.88. The molecule has 0 saturated carbocycles. The van der Waals surface area contributed by atoms with Gasteiger partial charge in [0.05, 0.1) is 0 Å². The zero-order valence-corrected chi connectivity index (χ0v) is 11.2. The number of carboxylic acid groups (broad SMARTS) is 1. The molecule has 0 aliphatic rings. The fourth-order valence-corrected chi connectivity index (χ4v) is 1.20. The van der Waals surface area contributed by atoms with Gasteiger partial charge >= 0.3 is 29.9 Å². The van der Waals surface area contributed by atoms with E-state index in [0.717, 1.165) is 7.11 Å². The predicted octanol–water partition coefficient (Wildman–Crippen LogP) is 0.445. The summed E-state index contributed by atoms with van der Waals surface area (Å²) >= 11 is 0. The molecular formula is C10H13F3O8. The normalized spacial score (nSPS) is 15.7. The van der Waals surface area contributed by atoms with Crippen molar-refractivity contribution in [1.29, 1.82) is 0 Å². The Balaban J connectivity index is 5.74.